The molecule has 2 aliphatic heterocycles. The van der Waals surface area contributed by atoms with Gasteiger partial charge < -0.3 is 9.47 Å². The molecular weight excluding hydrogens is 272 g/mol. The molecule has 5 nitrogen and oxygen atoms in total. The highest BCUT2D eigenvalue weighted by atomic mass is 19.3. The summed E-state index contributed by atoms with van der Waals surface area (Å²) < 4.78 is 37.4. The number of allylic oxidation sites excluding steroid dienone is 1. The molecule has 20 heavy (non-hydrogen) atoms. The Hall–Kier alpha value is -1.66. The molecule has 0 saturated carbocycles. The number of esters is 1. The van der Waals surface area contributed by atoms with Gasteiger partial charge in [0.15, 0.2) is 0 Å². The van der Waals surface area contributed by atoms with Crippen LogP contribution in [0, 0.1) is 0 Å². The van der Waals surface area contributed by atoms with E-state index in [1.54, 1.807) is 19.1 Å². The SMILES string of the molecule is C/C=C/COC(=O)N1C2CCC1(C(=O)OC)CC2(F)F. The van der Waals surface area contributed by atoms with Crippen molar-refractivity contribution in [2.24, 2.45) is 0 Å². The maximum Gasteiger partial charge on any atom is 0.411 e. The highest BCUT2D eigenvalue weighted by molar-refractivity contribution is 5.88. The van der Waals surface area contributed by atoms with Crippen molar-refractivity contribution in [3.63, 3.8) is 0 Å². The van der Waals surface area contributed by atoms with Crippen molar-refractivity contribution < 1.29 is 27.8 Å². The van der Waals surface area contributed by atoms with Crippen LogP contribution in [0.15, 0.2) is 12.2 Å². The summed E-state index contributed by atoms with van der Waals surface area (Å²) in [5.74, 6) is -3.90. The first-order valence-electron chi connectivity index (χ1n) is 6.42. The average Bonchev–Trinajstić information content (AvgIpc) is 2.88. The summed E-state index contributed by atoms with van der Waals surface area (Å²) in [4.78, 5) is 24.8. The fourth-order valence-electron chi connectivity index (χ4n) is 3.05. The first kappa shape index (κ1) is 14.7. The second kappa shape index (κ2) is 5.03. The van der Waals surface area contributed by atoms with Crippen molar-refractivity contribution in [3.8, 4) is 0 Å². The van der Waals surface area contributed by atoms with Gasteiger partial charge in [-0.3, -0.25) is 4.90 Å². The van der Waals surface area contributed by atoms with Crippen LogP contribution in [0.1, 0.15) is 26.2 Å². The van der Waals surface area contributed by atoms with Crippen LogP contribution in [0.2, 0.25) is 0 Å². The van der Waals surface area contributed by atoms with Gasteiger partial charge in [-0.2, -0.15) is 0 Å². The van der Waals surface area contributed by atoms with Gasteiger partial charge in [-0.15, -0.1) is 0 Å². The highest BCUT2D eigenvalue weighted by Crippen LogP contribution is 2.54. The molecule has 0 radical (unpaired) electrons. The Balaban J connectivity index is 2.25. The highest BCUT2D eigenvalue weighted by Gasteiger charge is 2.71. The van der Waals surface area contributed by atoms with E-state index in [9.17, 15) is 18.4 Å². The molecule has 2 saturated heterocycles. The standard InChI is InChI=1S/C13H17F2NO4/c1-3-4-7-20-11(18)16-9-5-6-12(16,10(17)19-2)8-13(9,14)15/h3-4,9H,5-8H2,1-2H3/b4-3+. The lowest BCUT2D eigenvalue weighted by Gasteiger charge is -2.30. The van der Waals surface area contributed by atoms with E-state index in [0.717, 1.165) is 12.0 Å². The Kier molecular flexibility index (Phi) is 3.71. The van der Waals surface area contributed by atoms with E-state index in [0.29, 0.717) is 0 Å². The molecule has 2 fully saturated rings. The van der Waals surface area contributed by atoms with E-state index in [4.69, 9.17) is 4.74 Å². The van der Waals surface area contributed by atoms with Gasteiger partial charge in [0.25, 0.3) is 5.92 Å². The number of methoxy groups -OCH3 is 1. The summed E-state index contributed by atoms with van der Waals surface area (Å²) in [7, 11) is 1.13. The van der Waals surface area contributed by atoms with E-state index in [1.165, 1.54) is 0 Å². The fourth-order valence-corrected chi connectivity index (χ4v) is 3.05. The van der Waals surface area contributed by atoms with Crippen molar-refractivity contribution in [2.45, 2.75) is 43.7 Å². The average molecular weight is 289 g/mol. The number of alkyl halides is 2. The van der Waals surface area contributed by atoms with Crippen LogP contribution in [0.5, 0.6) is 0 Å². The van der Waals surface area contributed by atoms with Gasteiger partial charge in [-0.1, -0.05) is 12.2 Å². The molecule has 2 bridgehead atoms. The van der Waals surface area contributed by atoms with Crippen molar-refractivity contribution in [1.82, 2.24) is 4.90 Å². The number of carbonyl (C=O) groups is 2. The van der Waals surface area contributed by atoms with Gasteiger partial charge in [-0.05, 0) is 19.8 Å². The van der Waals surface area contributed by atoms with Crippen LogP contribution in [0.4, 0.5) is 13.6 Å². The Morgan fingerprint density at radius 2 is 2.15 bits per heavy atom. The third-order valence-electron chi connectivity index (χ3n) is 3.92. The molecule has 7 heteroatoms. The fraction of sp³-hybridized carbons (Fsp3) is 0.692. The van der Waals surface area contributed by atoms with Gasteiger partial charge in [-0.25, -0.2) is 18.4 Å². The van der Waals surface area contributed by atoms with E-state index in [1.807, 2.05) is 0 Å². The summed E-state index contributed by atoms with van der Waals surface area (Å²) in [6.07, 6.45) is 1.92. The van der Waals surface area contributed by atoms with Crippen LogP contribution in [-0.2, 0) is 14.3 Å². The minimum Gasteiger partial charge on any atom is -0.467 e. The summed E-state index contributed by atoms with van der Waals surface area (Å²) >= 11 is 0. The van der Waals surface area contributed by atoms with Gasteiger partial charge in [0.05, 0.1) is 7.11 Å². The summed E-state index contributed by atoms with van der Waals surface area (Å²) in [6, 6.07) is -1.29. The van der Waals surface area contributed by atoms with E-state index in [2.05, 4.69) is 4.74 Å². The van der Waals surface area contributed by atoms with Crippen molar-refractivity contribution in [1.29, 1.82) is 0 Å². The molecule has 0 aliphatic carbocycles. The first-order valence-corrected chi connectivity index (χ1v) is 6.42. The Labute approximate surface area is 115 Å². The van der Waals surface area contributed by atoms with Crippen LogP contribution < -0.4 is 0 Å². The molecule has 0 aromatic heterocycles. The number of nitrogens with zero attached hydrogens (tertiary/aromatic N) is 1. The predicted molar refractivity (Wildman–Crippen MR) is 65.3 cm³/mol. The first-order chi connectivity index (χ1) is 9.39. The Bertz CT molecular complexity index is 452. The van der Waals surface area contributed by atoms with Crippen molar-refractivity contribution in [3.05, 3.63) is 12.2 Å². The van der Waals surface area contributed by atoms with E-state index in [-0.39, 0.29) is 19.4 Å². The summed E-state index contributed by atoms with van der Waals surface area (Å²) in [6.45, 7) is 1.73. The lowest BCUT2D eigenvalue weighted by Crippen LogP contribution is -2.51. The zero-order chi connectivity index (χ0) is 15.0. The molecule has 0 N–H and O–H groups in total. The molecule has 0 aromatic carbocycles. The van der Waals surface area contributed by atoms with Crippen molar-refractivity contribution >= 4 is 12.1 Å². The second-order valence-corrected chi connectivity index (χ2v) is 5.03. The van der Waals surface area contributed by atoms with Crippen LogP contribution >= 0.6 is 0 Å². The minimum atomic E-state index is -3.09. The zero-order valence-corrected chi connectivity index (χ0v) is 11.4. The molecule has 1 amide bonds. The Morgan fingerprint density at radius 3 is 2.70 bits per heavy atom. The maximum atomic E-state index is 13.9. The van der Waals surface area contributed by atoms with Crippen LogP contribution in [-0.4, -0.2) is 48.2 Å². The topological polar surface area (TPSA) is 55.8 Å². The normalized spacial score (nSPS) is 30.8. The minimum absolute atomic E-state index is 0.0125. The smallest absolute Gasteiger partial charge is 0.411 e. The van der Waals surface area contributed by atoms with Crippen LogP contribution in [0.25, 0.3) is 0 Å². The van der Waals surface area contributed by atoms with Crippen LogP contribution in [0.3, 0.4) is 0 Å². The van der Waals surface area contributed by atoms with E-state index >= 15 is 0 Å². The summed E-state index contributed by atoms with van der Waals surface area (Å²) in [5, 5.41) is 0. The molecule has 2 aliphatic rings. The molecule has 0 spiro atoms. The quantitative estimate of drug-likeness (QED) is 0.590. The number of hydrogen-bond donors (Lipinski definition) is 0. The molecule has 2 atom stereocenters. The number of amides is 1. The van der Waals surface area contributed by atoms with E-state index < -0.39 is 36.0 Å². The van der Waals surface area contributed by atoms with Gasteiger partial charge in [0.1, 0.15) is 18.2 Å². The predicted octanol–water partition coefficient (Wildman–Crippen LogP) is 2.11. The maximum absolute atomic E-state index is 13.9. The summed E-state index contributed by atoms with van der Waals surface area (Å²) in [5.41, 5.74) is -1.59. The van der Waals surface area contributed by atoms with Gasteiger partial charge >= 0.3 is 12.1 Å². The lowest BCUT2D eigenvalue weighted by molar-refractivity contribution is -0.152. The third kappa shape index (κ3) is 2.05. The number of rotatable bonds is 3. The third-order valence-corrected chi connectivity index (χ3v) is 3.92. The van der Waals surface area contributed by atoms with Gasteiger partial charge in [0.2, 0.25) is 0 Å². The number of carbonyl (C=O) groups excluding carboxylic acids is 2. The molecule has 2 heterocycles. The lowest BCUT2D eigenvalue weighted by atomic mass is 9.85. The number of halogens is 2. The monoisotopic (exact) mass is 289 g/mol. The number of fused-ring (bicyclic) bond motifs is 2. The molecule has 112 valence electrons. The zero-order valence-electron chi connectivity index (χ0n) is 11.4. The molecule has 2 unspecified atom stereocenters. The van der Waals surface area contributed by atoms with Gasteiger partial charge in [0, 0.05) is 6.42 Å². The molecule has 0 aromatic rings. The number of ether oxygens (including phenoxy) is 2. The largest absolute Gasteiger partial charge is 0.467 e. The molecule has 2 rings (SSSR count). The second-order valence-electron chi connectivity index (χ2n) is 5.03. The molecular formula is C13H17F2NO4. The Morgan fingerprint density at radius 1 is 1.45 bits per heavy atom. The van der Waals surface area contributed by atoms with Crippen molar-refractivity contribution in [2.75, 3.05) is 13.7 Å². The number of hydrogen-bond acceptors (Lipinski definition) is 4.